The van der Waals surface area contributed by atoms with Gasteiger partial charge in [-0.2, -0.15) is 0 Å². The second kappa shape index (κ2) is 9.04. The van der Waals surface area contributed by atoms with Gasteiger partial charge in [-0.25, -0.2) is 0 Å². The monoisotopic (exact) mass is 403 g/mol. The average Bonchev–Trinajstić information content (AvgIpc) is 2.57. The number of amides is 1. The maximum Gasteiger partial charge on any atom is 0.258 e. The first-order valence-corrected chi connectivity index (χ1v) is 9.40. The number of halogens is 1. The van der Waals surface area contributed by atoms with Crippen molar-refractivity contribution in [2.75, 3.05) is 6.61 Å². The van der Waals surface area contributed by atoms with Crippen molar-refractivity contribution >= 4 is 21.8 Å². The molecule has 2 aromatic carbocycles. The Morgan fingerprint density at radius 2 is 1.72 bits per heavy atom. The van der Waals surface area contributed by atoms with Gasteiger partial charge in [0.15, 0.2) is 6.61 Å². The third-order valence-electron chi connectivity index (χ3n) is 4.02. The van der Waals surface area contributed by atoms with Crippen LogP contribution in [0.4, 0.5) is 0 Å². The lowest BCUT2D eigenvalue weighted by Gasteiger charge is -2.21. The quantitative estimate of drug-likeness (QED) is 0.676. The van der Waals surface area contributed by atoms with Crippen LogP contribution < -0.4 is 10.1 Å². The van der Waals surface area contributed by atoms with E-state index in [-0.39, 0.29) is 18.6 Å². The highest BCUT2D eigenvalue weighted by Crippen LogP contribution is 2.26. The van der Waals surface area contributed by atoms with Gasteiger partial charge >= 0.3 is 0 Å². The van der Waals surface area contributed by atoms with E-state index in [0.29, 0.717) is 11.7 Å². The van der Waals surface area contributed by atoms with Crippen LogP contribution in [0, 0.1) is 19.8 Å². The van der Waals surface area contributed by atoms with Crippen molar-refractivity contribution in [1.82, 2.24) is 5.32 Å². The second-order valence-corrected chi connectivity index (χ2v) is 7.61. The smallest absolute Gasteiger partial charge is 0.258 e. The molecule has 1 amide bonds. The average molecular weight is 404 g/mol. The van der Waals surface area contributed by atoms with Gasteiger partial charge in [0.25, 0.3) is 5.91 Å². The number of hydrogen-bond acceptors (Lipinski definition) is 2. The molecule has 0 bridgehead atoms. The zero-order valence-electron chi connectivity index (χ0n) is 15.3. The number of benzene rings is 2. The fraction of sp³-hybridized carbons (Fsp3) is 0.381. The molecule has 0 radical (unpaired) electrons. The summed E-state index contributed by atoms with van der Waals surface area (Å²) in [6.07, 6.45) is 0.895. The highest BCUT2D eigenvalue weighted by atomic mass is 79.9. The van der Waals surface area contributed by atoms with Crippen LogP contribution in [-0.4, -0.2) is 12.5 Å². The standard InChI is InChI=1S/C21H26BrNO2/c1-14(2)10-19(17-8-6-5-7-9-17)23-20(24)13-25-18-11-15(3)21(22)16(4)12-18/h5-9,11-12,14,19H,10,13H2,1-4H3,(H,23,24)/t19-/m0/s1. The van der Waals surface area contributed by atoms with E-state index >= 15 is 0 Å². The van der Waals surface area contributed by atoms with Gasteiger partial charge in [0, 0.05) is 4.47 Å². The minimum Gasteiger partial charge on any atom is -0.484 e. The summed E-state index contributed by atoms with van der Waals surface area (Å²) in [5.74, 6) is 1.10. The van der Waals surface area contributed by atoms with Gasteiger partial charge < -0.3 is 10.1 Å². The molecule has 0 saturated carbocycles. The number of hydrogen-bond donors (Lipinski definition) is 1. The van der Waals surface area contributed by atoms with Crippen molar-refractivity contribution < 1.29 is 9.53 Å². The van der Waals surface area contributed by atoms with Crippen molar-refractivity contribution in [3.63, 3.8) is 0 Å². The predicted octanol–water partition coefficient (Wildman–Crippen LogP) is 5.35. The molecule has 0 aromatic heterocycles. The van der Waals surface area contributed by atoms with E-state index < -0.39 is 0 Å². The summed E-state index contributed by atoms with van der Waals surface area (Å²) >= 11 is 3.54. The van der Waals surface area contributed by atoms with E-state index in [1.54, 1.807) is 0 Å². The summed E-state index contributed by atoms with van der Waals surface area (Å²) < 4.78 is 6.77. The molecule has 134 valence electrons. The lowest BCUT2D eigenvalue weighted by Crippen LogP contribution is -2.33. The number of ether oxygens (including phenoxy) is 1. The van der Waals surface area contributed by atoms with Gasteiger partial charge in [-0.05, 0) is 55.0 Å². The largest absolute Gasteiger partial charge is 0.484 e. The first kappa shape index (κ1) is 19.5. The molecule has 2 rings (SSSR count). The fourth-order valence-electron chi connectivity index (χ4n) is 2.81. The van der Waals surface area contributed by atoms with Crippen LogP contribution in [0.5, 0.6) is 5.75 Å². The number of aryl methyl sites for hydroxylation is 2. The van der Waals surface area contributed by atoms with E-state index in [9.17, 15) is 4.79 Å². The Morgan fingerprint density at radius 1 is 1.12 bits per heavy atom. The summed E-state index contributed by atoms with van der Waals surface area (Å²) in [7, 11) is 0. The molecule has 0 aliphatic rings. The van der Waals surface area contributed by atoms with E-state index in [2.05, 4.69) is 47.2 Å². The topological polar surface area (TPSA) is 38.3 Å². The lowest BCUT2D eigenvalue weighted by molar-refractivity contribution is -0.124. The minimum absolute atomic E-state index is 0.00527. The lowest BCUT2D eigenvalue weighted by atomic mass is 9.97. The predicted molar refractivity (Wildman–Crippen MR) is 106 cm³/mol. The first-order chi connectivity index (χ1) is 11.9. The van der Waals surface area contributed by atoms with Crippen molar-refractivity contribution in [2.45, 2.75) is 40.2 Å². The van der Waals surface area contributed by atoms with Crippen LogP contribution in [0.3, 0.4) is 0 Å². The maximum absolute atomic E-state index is 12.4. The van der Waals surface area contributed by atoms with Crippen LogP contribution in [0.15, 0.2) is 46.9 Å². The molecular formula is C21H26BrNO2. The highest BCUT2D eigenvalue weighted by Gasteiger charge is 2.16. The molecule has 25 heavy (non-hydrogen) atoms. The summed E-state index contributed by atoms with van der Waals surface area (Å²) in [4.78, 5) is 12.4. The van der Waals surface area contributed by atoms with Gasteiger partial charge in [-0.15, -0.1) is 0 Å². The molecule has 2 aromatic rings. The summed E-state index contributed by atoms with van der Waals surface area (Å²) in [5.41, 5.74) is 3.31. The van der Waals surface area contributed by atoms with Crippen molar-refractivity contribution in [1.29, 1.82) is 0 Å². The second-order valence-electron chi connectivity index (χ2n) is 6.82. The maximum atomic E-state index is 12.4. The third kappa shape index (κ3) is 5.89. The molecule has 4 heteroatoms. The van der Waals surface area contributed by atoms with Gasteiger partial charge in [-0.3, -0.25) is 4.79 Å². The van der Waals surface area contributed by atoms with Gasteiger partial charge in [0.1, 0.15) is 5.75 Å². The Hall–Kier alpha value is -1.81. The number of rotatable bonds is 7. The summed E-state index contributed by atoms with van der Waals surface area (Å²) in [6.45, 7) is 8.36. The third-order valence-corrected chi connectivity index (χ3v) is 5.27. The molecule has 0 fully saturated rings. The Balaban J connectivity index is 1.99. The molecule has 3 nitrogen and oxygen atoms in total. The Labute approximate surface area is 158 Å². The zero-order valence-corrected chi connectivity index (χ0v) is 16.9. The first-order valence-electron chi connectivity index (χ1n) is 8.60. The van der Waals surface area contributed by atoms with Gasteiger partial charge in [0.2, 0.25) is 0 Å². The molecule has 0 aliphatic heterocycles. The van der Waals surface area contributed by atoms with Crippen LogP contribution in [0.25, 0.3) is 0 Å². The molecular weight excluding hydrogens is 378 g/mol. The fourth-order valence-corrected chi connectivity index (χ4v) is 3.04. The molecule has 0 aliphatic carbocycles. The van der Waals surface area contributed by atoms with E-state index in [1.807, 2.05) is 44.2 Å². The molecule has 0 heterocycles. The molecule has 1 atom stereocenters. The van der Waals surface area contributed by atoms with Crippen molar-refractivity contribution in [3.8, 4) is 5.75 Å². The van der Waals surface area contributed by atoms with Crippen LogP contribution in [0.1, 0.15) is 43.0 Å². The van der Waals surface area contributed by atoms with Crippen LogP contribution in [-0.2, 0) is 4.79 Å². The molecule has 1 N–H and O–H groups in total. The van der Waals surface area contributed by atoms with Crippen molar-refractivity contribution in [2.24, 2.45) is 5.92 Å². The Bertz CT molecular complexity index is 690. The molecule has 0 spiro atoms. The summed E-state index contributed by atoms with van der Waals surface area (Å²) in [5, 5.41) is 3.10. The number of carbonyl (C=O) groups is 1. The van der Waals surface area contributed by atoms with E-state index in [1.165, 1.54) is 0 Å². The highest BCUT2D eigenvalue weighted by molar-refractivity contribution is 9.10. The minimum atomic E-state index is -0.104. The number of carbonyl (C=O) groups excluding carboxylic acids is 1. The van der Waals surface area contributed by atoms with Crippen LogP contribution in [0.2, 0.25) is 0 Å². The van der Waals surface area contributed by atoms with Gasteiger partial charge in [-0.1, -0.05) is 60.1 Å². The van der Waals surface area contributed by atoms with E-state index in [0.717, 1.165) is 27.6 Å². The number of nitrogens with one attached hydrogen (secondary N) is 1. The zero-order chi connectivity index (χ0) is 18.4. The van der Waals surface area contributed by atoms with Gasteiger partial charge in [0.05, 0.1) is 6.04 Å². The molecule has 0 unspecified atom stereocenters. The Morgan fingerprint density at radius 3 is 2.28 bits per heavy atom. The Kier molecular flexibility index (Phi) is 7.06. The SMILES string of the molecule is Cc1cc(OCC(=O)N[C@@H](CC(C)C)c2ccccc2)cc(C)c1Br. The van der Waals surface area contributed by atoms with Crippen molar-refractivity contribution in [3.05, 3.63) is 63.6 Å². The van der Waals surface area contributed by atoms with Crippen LogP contribution >= 0.6 is 15.9 Å². The van der Waals surface area contributed by atoms with E-state index in [4.69, 9.17) is 4.74 Å². The summed E-state index contributed by atoms with van der Waals surface area (Å²) in [6, 6.07) is 14.0. The normalized spacial score (nSPS) is 12.1. The molecule has 0 saturated heterocycles.